The lowest BCUT2D eigenvalue weighted by molar-refractivity contribution is -0.213. The molecule has 1 nitrogen and oxygen atoms in total. The van der Waals surface area contributed by atoms with E-state index in [0.29, 0.717) is 0 Å². The summed E-state index contributed by atoms with van der Waals surface area (Å²) in [5, 5.41) is 0. The van der Waals surface area contributed by atoms with Crippen molar-refractivity contribution < 1.29 is 83.8 Å². The highest BCUT2D eigenvalue weighted by molar-refractivity contribution is 5.86. The Balaban J connectivity index is 2.56. The van der Waals surface area contributed by atoms with E-state index < -0.39 is 88.8 Å². The average molecular weight is 542 g/mol. The molecule has 2 rings (SSSR count). The van der Waals surface area contributed by atoms with Crippen molar-refractivity contribution in [1.82, 2.24) is 0 Å². The van der Waals surface area contributed by atoms with Crippen molar-refractivity contribution in [3.8, 4) is 0 Å². The number of allylic oxidation sites excluding steroid dienone is 4. The van der Waals surface area contributed by atoms with E-state index in [1.165, 1.54) is 0 Å². The number of halogens is 18. The zero-order chi connectivity index (χ0) is 27.3. The van der Waals surface area contributed by atoms with E-state index in [4.69, 9.17) is 0 Å². The van der Waals surface area contributed by atoms with Gasteiger partial charge in [0.2, 0.25) is 0 Å². The van der Waals surface area contributed by atoms with E-state index in [9.17, 15) is 83.8 Å². The Bertz CT molecular complexity index is 815. The Morgan fingerprint density at radius 3 is 0.735 bits per heavy atom. The fourth-order valence-electron chi connectivity index (χ4n) is 3.95. The van der Waals surface area contributed by atoms with E-state index in [2.05, 4.69) is 0 Å². The molecular formula is C15H4F18O. The zero-order valence-electron chi connectivity index (χ0n) is 15.1. The molecule has 0 bridgehead atoms. The van der Waals surface area contributed by atoms with Crippen molar-refractivity contribution in [1.29, 1.82) is 0 Å². The molecule has 0 heterocycles. The minimum Gasteiger partial charge on any atom is -0.300 e. The van der Waals surface area contributed by atoms with Crippen molar-refractivity contribution >= 4 is 5.78 Å². The van der Waals surface area contributed by atoms with Crippen LogP contribution in [0.2, 0.25) is 0 Å². The van der Waals surface area contributed by atoms with Crippen LogP contribution in [0, 0.1) is 10.8 Å². The third kappa shape index (κ3) is 4.11. The molecule has 2 aliphatic carbocycles. The van der Waals surface area contributed by atoms with Gasteiger partial charge < -0.3 is 0 Å². The third-order valence-electron chi connectivity index (χ3n) is 5.11. The van der Waals surface area contributed by atoms with Crippen molar-refractivity contribution in [3.05, 3.63) is 22.3 Å². The van der Waals surface area contributed by atoms with Crippen molar-refractivity contribution in [2.24, 2.45) is 10.8 Å². The van der Waals surface area contributed by atoms with Crippen LogP contribution in [0.4, 0.5) is 79.0 Å². The highest BCUT2D eigenvalue weighted by atomic mass is 19.4. The number of carbonyl (C=O) groups excluding carboxylic acids is 1. The summed E-state index contributed by atoms with van der Waals surface area (Å²) in [6.07, 6.45) is -45.4. The van der Waals surface area contributed by atoms with Crippen molar-refractivity contribution in [2.45, 2.75) is 49.9 Å². The Morgan fingerprint density at radius 2 is 0.618 bits per heavy atom. The minimum atomic E-state index is -6.65. The van der Waals surface area contributed by atoms with Gasteiger partial charge in [-0.25, -0.2) is 0 Å². The number of carbonyl (C=O) groups is 1. The Hall–Kier alpha value is -2.11. The summed E-state index contributed by atoms with van der Waals surface area (Å²) in [4.78, 5) is 11.8. The van der Waals surface area contributed by atoms with Crippen LogP contribution < -0.4 is 0 Å². The van der Waals surface area contributed by atoms with E-state index in [0.717, 1.165) is 0 Å². The summed E-state index contributed by atoms with van der Waals surface area (Å²) in [5.74, 6) is -3.00. The first-order valence-corrected chi connectivity index (χ1v) is 8.02. The van der Waals surface area contributed by atoms with Crippen LogP contribution in [0.25, 0.3) is 0 Å². The van der Waals surface area contributed by atoms with Crippen molar-refractivity contribution in [3.63, 3.8) is 0 Å². The second-order valence-corrected chi connectivity index (χ2v) is 7.19. The summed E-state index contributed by atoms with van der Waals surface area (Å²) >= 11 is 0. The lowest BCUT2D eigenvalue weighted by Crippen LogP contribution is -2.40. The maximum absolute atomic E-state index is 13.2. The minimum absolute atomic E-state index is 3.00. The predicted octanol–water partition coefficient (Wildman–Crippen LogP) is 7.30. The molecular weight excluding hydrogens is 538 g/mol. The van der Waals surface area contributed by atoms with E-state index in [1.807, 2.05) is 0 Å². The summed E-state index contributed by atoms with van der Waals surface area (Å²) < 4.78 is 233. The van der Waals surface area contributed by atoms with Gasteiger partial charge in [-0.3, -0.25) is 4.79 Å². The number of hydrogen-bond acceptors (Lipinski definition) is 1. The number of ketones is 1. The zero-order valence-corrected chi connectivity index (χ0v) is 15.1. The molecule has 0 spiro atoms. The van der Waals surface area contributed by atoms with Gasteiger partial charge in [0.15, 0.2) is 0 Å². The molecule has 0 N–H and O–H groups in total. The lowest BCUT2D eigenvalue weighted by Gasteiger charge is -2.27. The molecule has 0 aromatic rings. The quantitative estimate of drug-likeness (QED) is 0.269. The smallest absolute Gasteiger partial charge is 0.300 e. The number of alkyl halides is 18. The largest absolute Gasteiger partial charge is 0.414 e. The second kappa shape index (κ2) is 6.98. The summed E-state index contributed by atoms with van der Waals surface area (Å²) in [7, 11) is 0. The van der Waals surface area contributed by atoms with Gasteiger partial charge in [0.1, 0.15) is 16.6 Å². The van der Waals surface area contributed by atoms with Crippen LogP contribution >= 0.6 is 0 Å². The molecule has 0 aliphatic heterocycles. The molecule has 0 fully saturated rings. The molecule has 0 aromatic carbocycles. The summed E-state index contributed by atoms with van der Waals surface area (Å²) in [6, 6.07) is 0. The average Bonchev–Trinajstić information content (AvgIpc) is 3.32. The van der Waals surface area contributed by atoms with Crippen LogP contribution in [0.5, 0.6) is 0 Å². The predicted molar refractivity (Wildman–Crippen MR) is 69.5 cm³/mol. The van der Waals surface area contributed by atoms with Gasteiger partial charge in [0.25, 0.3) is 0 Å². The van der Waals surface area contributed by atoms with Gasteiger partial charge in [0, 0.05) is 12.8 Å². The SMILES string of the molecule is O=C(CC1(C(F)(F)F)C(C(F)(F)F)=C1C(F)(F)F)CC1(C(F)(F)F)C(C(F)(F)F)=C1C(F)(F)F. The summed E-state index contributed by atoms with van der Waals surface area (Å²) in [5.41, 5.74) is -24.3. The van der Waals surface area contributed by atoms with E-state index in [1.54, 1.807) is 0 Å². The molecule has 0 saturated heterocycles. The fourth-order valence-corrected chi connectivity index (χ4v) is 3.95. The Morgan fingerprint density at radius 1 is 0.441 bits per heavy atom. The maximum atomic E-state index is 13.2. The van der Waals surface area contributed by atoms with Gasteiger partial charge in [-0.05, 0) is 0 Å². The molecule has 0 aromatic heterocycles. The second-order valence-electron chi connectivity index (χ2n) is 7.19. The Kier molecular flexibility index (Phi) is 5.77. The lowest BCUT2D eigenvalue weighted by atomic mass is 9.82. The van der Waals surface area contributed by atoms with Gasteiger partial charge in [-0.2, -0.15) is 79.0 Å². The van der Waals surface area contributed by atoms with Gasteiger partial charge in [0.05, 0.1) is 22.3 Å². The first-order chi connectivity index (χ1) is 14.6. The Labute approximate surface area is 174 Å². The first-order valence-electron chi connectivity index (χ1n) is 8.02. The number of Topliss-reactive ketones (excluding diaryl/α,β-unsaturated/α-hetero) is 1. The van der Waals surface area contributed by atoms with Crippen LogP contribution in [0.15, 0.2) is 22.3 Å². The molecule has 34 heavy (non-hydrogen) atoms. The van der Waals surface area contributed by atoms with Crippen LogP contribution in [0.1, 0.15) is 12.8 Å². The van der Waals surface area contributed by atoms with Gasteiger partial charge in [-0.1, -0.05) is 0 Å². The highest BCUT2D eigenvalue weighted by Gasteiger charge is 2.84. The molecule has 0 amide bonds. The van der Waals surface area contributed by atoms with E-state index >= 15 is 0 Å². The van der Waals surface area contributed by atoms with Crippen LogP contribution in [-0.4, -0.2) is 42.8 Å². The van der Waals surface area contributed by atoms with Gasteiger partial charge in [-0.15, -0.1) is 0 Å². The molecule has 196 valence electrons. The molecule has 0 radical (unpaired) electrons. The standard InChI is InChI=1S/C15H4F18O/c16-10(17,18)4-5(11(19,20)21)8(4,14(28,29)30)1-3(34)2-9(15(31,32)33)6(12(22,23)24)7(9)13(25,26)27/h1-2H2. The molecule has 0 atom stereocenters. The molecule has 0 saturated carbocycles. The summed E-state index contributed by atoms with van der Waals surface area (Å²) in [6.45, 7) is 0. The van der Waals surface area contributed by atoms with E-state index in [-0.39, 0.29) is 0 Å². The number of hydrogen-bond donors (Lipinski definition) is 0. The highest BCUT2D eigenvalue weighted by Crippen LogP contribution is 2.75. The molecule has 2 aliphatic rings. The maximum Gasteiger partial charge on any atom is 0.414 e. The normalized spacial score (nSPS) is 21.2. The van der Waals surface area contributed by atoms with Crippen molar-refractivity contribution in [2.75, 3.05) is 0 Å². The molecule has 0 unspecified atom stereocenters. The number of rotatable bonds is 4. The first kappa shape index (κ1) is 28.1. The third-order valence-corrected chi connectivity index (χ3v) is 5.11. The van der Waals surface area contributed by atoms with Gasteiger partial charge >= 0.3 is 37.1 Å². The van der Waals surface area contributed by atoms with Crippen LogP contribution in [0.3, 0.4) is 0 Å². The topological polar surface area (TPSA) is 17.1 Å². The van der Waals surface area contributed by atoms with Crippen LogP contribution in [-0.2, 0) is 4.79 Å². The molecule has 19 heteroatoms. The fraction of sp³-hybridized carbons (Fsp3) is 0.667. The monoisotopic (exact) mass is 542 g/mol.